The van der Waals surface area contributed by atoms with Crippen molar-refractivity contribution >= 4 is 16.6 Å². The lowest BCUT2D eigenvalue weighted by Crippen LogP contribution is -1.81. The number of hydrogen-bond acceptors (Lipinski definition) is 1. The van der Waals surface area contributed by atoms with Gasteiger partial charge in [0.25, 0.3) is 0 Å². The highest BCUT2D eigenvalue weighted by molar-refractivity contribution is 5.97. The average Bonchev–Trinajstić information content (AvgIpc) is 2.48. The molecule has 0 saturated heterocycles. The molecule has 2 aromatic carbocycles. The Balaban J connectivity index is 0.000000357. The molecule has 0 bridgehead atoms. The van der Waals surface area contributed by atoms with Crippen LogP contribution in [0.25, 0.3) is 17.2 Å². The first kappa shape index (κ1) is 14.4. The van der Waals surface area contributed by atoms with E-state index in [2.05, 4.69) is 64.0 Å². The predicted molar refractivity (Wildman–Crippen MR) is 79.3 cm³/mol. The highest BCUT2D eigenvalue weighted by Gasteiger charge is 1.99. The molecule has 0 saturated carbocycles. The quantitative estimate of drug-likeness (QED) is 0.748. The molecule has 18 heavy (non-hydrogen) atoms. The van der Waals surface area contributed by atoms with Gasteiger partial charge in [-0.1, -0.05) is 67.3 Å². The van der Waals surface area contributed by atoms with Crippen molar-refractivity contribution in [1.82, 2.24) is 0 Å². The van der Waals surface area contributed by atoms with Crippen molar-refractivity contribution in [3.8, 4) is 11.1 Å². The van der Waals surface area contributed by atoms with Crippen LogP contribution in [0.3, 0.4) is 0 Å². The van der Waals surface area contributed by atoms with Crippen molar-refractivity contribution < 1.29 is 4.43 Å². The maximum absolute atomic E-state index is 4.35. The SMILES string of the molecule is C=Cc1ccccc1-c1ccccc1.CCO[Si]. The fraction of sp³-hybridized carbons (Fsp3) is 0.125. The van der Waals surface area contributed by atoms with E-state index in [0.717, 1.165) is 6.61 Å². The zero-order chi connectivity index (χ0) is 13.2. The molecule has 0 aliphatic rings. The van der Waals surface area contributed by atoms with Gasteiger partial charge in [-0.15, -0.1) is 0 Å². The molecule has 2 heteroatoms. The second-order valence-electron chi connectivity index (χ2n) is 3.59. The van der Waals surface area contributed by atoms with Crippen LogP contribution in [0, 0.1) is 0 Å². The molecule has 2 aromatic rings. The minimum absolute atomic E-state index is 0.733. The maximum atomic E-state index is 4.35. The molecular weight excluding hydrogens is 236 g/mol. The Morgan fingerprint density at radius 3 is 2.17 bits per heavy atom. The minimum Gasteiger partial charge on any atom is -0.419 e. The molecule has 0 aliphatic heterocycles. The van der Waals surface area contributed by atoms with E-state index >= 15 is 0 Å². The molecule has 3 radical (unpaired) electrons. The lowest BCUT2D eigenvalue weighted by molar-refractivity contribution is 0.375. The topological polar surface area (TPSA) is 9.23 Å². The van der Waals surface area contributed by atoms with Gasteiger partial charge >= 0.3 is 0 Å². The molecule has 2 rings (SSSR count). The minimum atomic E-state index is 0.733. The highest BCUT2D eigenvalue weighted by atomic mass is 28.2. The molecule has 91 valence electrons. The van der Waals surface area contributed by atoms with Crippen molar-refractivity contribution in [1.29, 1.82) is 0 Å². The molecule has 0 amide bonds. The standard InChI is InChI=1S/C14H12.C2H5OSi/c1-2-12-8-6-7-11-14(12)13-9-4-3-5-10-13;1-2-3-4/h2-11H,1H2;2H2,1H3. The van der Waals surface area contributed by atoms with Crippen molar-refractivity contribution in [3.05, 3.63) is 66.7 Å². The molecule has 0 spiro atoms. The summed E-state index contributed by atoms with van der Waals surface area (Å²) in [5, 5.41) is 0. The van der Waals surface area contributed by atoms with Gasteiger partial charge in [0.05, 0.1) is 0 Å². The Morgan fingerprint density at radius 2 is 1.61 bits per heavy atom. The van der Waals surface area contributed by atoms with Gasteiger partial charge in [0, 0.05) is 6.61 Å². The highest BCUT2D eigenvalue weighted by Crippen LogP contribution is 2.23. The molecule has 0 unspecified atom stereocenters. The third kappa shape index (κ3) is 4.32. The molecule has 0 heterocycles. The summed E-state index contributed by atoms with van der Waals surface area (Å²) >= 11 is 0. The van der Waals surface area contributed by atoms with Gasteiger partial charge in [-0.2, -0.15) is 0 Å². The van der Waals surface area contributed by atoms with Crippen LogP contribution in [-0.4, -0.2) is 17.1 Å². The predicted octanol–water partition coefficient (Wildman–Crippen LogP) is 4.10. The van der Waals surface area contributed by atoms with Crippen molar-refractivity contribution in [3.63, 3.8) is 0 Å². The summed E-state index contributed by atoms with van der Waals surface area (Å²) in [6.07, 6.45) is 1.89. The van der Waals surface area contributed by atoms with Gasteiger partial charge in [-0.05, 0) is 23.6 Å². The first-order chi connectivity index (χ1) is 8.83. The number of hydrogen-bond donors (Lipinski definition) is 0. The largest absolute Gasteiger partial charge is 0.419 e. The molecule has 0 aliphatic carbocycles. The van der Waals surface area contributed by atoms with Crippen LogP contribution in [0.15, 0.2) is 61.2 Å². The summed E-state index contributed by atoms with van der Waals surface area (Å²) in [6.45, 7) is 6.46. The molecule has 0 fully saturated rings. The smallest absolute Gasteiger partial charge is 0.246 e. The fourth-order valence-electron chi connectivity index (χ4n) is 1.56. The zero-order valence-corrected chi connectivity index (χ0v) is 11.6. The van der Waals surface area contributed by atoms with Crippen LogP contribution in [0.2, 0.25) is 0 Å². The van der Waals surface area contributed by atoms with Crippen LogP contribution in [0.1, 0.15) is 12.5 Å². The lowest BCUT2D eigenvalue weighted by atomic mass is 10.00. The summed E-state index contributed by atoms with van der Waals surface area (Å²) < 4.78 is 4.35. The zero-order valence-electron chi connectivity index (χ0n) is 10.6. The normalized spacial score (nSPS) is 9.22. The third-order valence-electron chi connectivity index (χ3n) is 2.41. The van der Waals surface area contributed by atoms with E-state index in [0.29, 0.717) is 0 Å². The van der Waals surface area contributed by atoms with Crippen LogP contribution in [-0.2, 0) is 4.43 Å². The van der Waals surface area contributed by atoms with E-state index in [9.17, 15) is 0 Å². The van der Waals surface area contributed by atoms with E-state index < -0.39 is 0 Å². The molecule has 1 nitrogen and oxygen atoms in total. The third-order valence-corrected chi connectivity index (χ3v) is 2.70. The van der Waals surface area contributed by atoms with Crippen molar-refractivity contribution in [2.45, 2.75) is 6.92 Å². The van der Waals surface area contributed by atoms with Gasteiger partial charge < -0.3 is 4.43 Å². The maximum Gasteiger partial charge on any atom is 0.246 e. The van der Waals surface area contributed by atoms with Crippen LogP contribution in [0.4, 0.5) is 0 Å². The van der Waals surface area contributed by atoms with E-state index in [1.807, 2.05) is 25.1 Å². The van der Waals surface area contributed by atoms with Gasteiger partial charge in [0.15, 0.2) is 0 Å². The van der Waals surface area contributed by atoms with E-state index in [1.54, 1.807) is 0 Å². The second kappa shape index (κ2) is 8.45. The Hall–Kier alpha value is -1.64. The van der Waals surface area contributed by atoms with Gasteiger partial charge in [-0.25, -0.2) is 0 Å². The summed E-state index contributed by atoms with van der Waals surface area (Å²) in [4.78, 5) is 0. The second-order valence-corrected chi connectivity index (χ2v) is 3.88. The summed E-state index contributed by atoms with van der Waals surface area (Å²) in [5.74, 6) is 0. The Labute approximate surface area is 113 Å². The van der Waals surface area contributed by atoms with Crippen LogP contribution in [0.5, 0.6) is 0 Å². The monoisotopic (exact) mass is 253 g/mol. The van der Waals surface area contributed by atoms with E-state index in [1.165, 1.54) is 16.7 Å². The summed E-state index contributed by atoms with van der Waals surface area (Å²) in [7, 11) is 2.79. The van der Waals surface area contributed by atoms with Gasteiger partial charge in [0.1, 0.15) is 0 Å². The van der Waals surface area contributed by atoms with Crippen molar-refractivity contribution in [2.24, 2.45) is 0 Å². The van der Waals surface area contributed by atoms with E-state index in [-0.39, 0.29) is 0 Å². The van der Waals surface area contributed by atoms with E-state index in [4.69, 9.17) is 0 Å². The van der Waals surface area contributed by atoms with Crippen molar-refractivity contribution in [2.75, 3.05) is 6.61 Å². The molecule has 0 N–H and O–H groups in total. The Kier molecular flexibility index (Phi) is 6.77. The molecular formula is C16H17OSi. The molecule has 0 atom stereocenters. The Bertz CT molecular complexity index is 464. The fourth-order valence-corrected chi connectivity index (χ4v) is 1.56. The first-order valence-electron chi connectivity index (χ1n) is 5.88. The molecule has 0 aromatic heterocycles. The summed E-state index contributed by atoms with van der Waals surface area (Å²) in [6, 6.07) is 18.6. The van der Waals surface area contributed by atoms with Crippen LogP contribution < -0.4 is 0 Å². The average molecular weight is 253 g/mol. The summed E-state index contributed by atoms with van der Waals surface area (Å²) in [5.41, 5.74) is 3.66. The first-order valence-corrected chi connectivity index (χ1v) is 6.29. The van der Waals surface area contributed by atoms with Crippen LogP contribution >= 0.6 is 0 Å². The number of benzene rings is 2. The van der Waals surface area contributed by atoms with Gasteiger partial charge in [-0.3, -0.25) is 0 Å². The number of rotatable bonds is 3. The lowest BCUT2D eigenvalue weighted by Gasteiger charge is -2.04. The Morgan fingerprint density at radius 1 is 1.06 bits per heavy atom. The van der Waals surface area contributed by atoms with Gasteiger partial charge in [0.2, 0.25) is 10.5 Å².